The van der Waals surface area contributed by atoms with Crippen LogP contribution in [0.3, 0.4) is 0 Å². The standard InChI is InChI=1S/C19H18O6/c1-12(17(20)13-8-10-16(23-2)11-9-13)25-19(22)15-6-4-14(5-7-15)18(21)24-3/h4-12H,1-3H3/t12-/m1/s1. The Bertz CT molecular complexity index is 762. The second-order valence-electron chi connectivity index (χ2n) is 5.21. The van der Waals surface area contributed by atoms with Crippen LogP contribution < -0.4 is 4.74 Å². The molecule has 0 N–H and O–H groups in total. The van der Waals surface area contributed by atoms with E-state index < -0.39 is 18.0 Å². The lowest BCUT2D eigenvalue weighted by Gasteiger charge is -2.13. The Morgan fingerprint density at radius 1 is 0.760 bits per heavy atom. The van der Waals surface area contributed by atoms with Gasteiger partial charge in [-0.2, -0.15) is 0 Å². The van der Waals surface area contributed by atoms with E-state index in [-0.39, 0.29) is 11.3 Å². The summed E-state index contributed by atoms with van der Waals surface area (Å²) in [6, 6.07) is 12.3. The number of esters is 2. The molecule has 0 bridgehead atoms. The summed E-state index contributed by atoms with van der Waals surface area (Å²) >= 11 is 0. The number of hydrogen-bond donors (Lipinski definition) is 0. The summed E-state index contributed by atoms with van der Waals surface area (Å²) in [5.41, 5.74) is 0.977. The van der Waals surface area contributed by atoms with Crippen molar-refractivity contribution in [3.05, 3.63) is 65.2 Å². The molecular formula is C19H18O6. The monoisotopic (exact) mass is 342 g/mol. The maximum Gasteiger partial charge on any atom is 0.338 e. The van der Waals surface area contributed by atoms with E-state index in [0.29, 0.717) is 16.9 Å². The molecule has 6 nitrogen and oxygen atoms in total. The van der Waals surface area contributed by atoms with Crippen molar-refractivity contribution in [2.75, 3.05) is 14.2 Å². The molecule has 2 aromatic carbocycles. The Balaban J connectivity index is 2.03. The number of ketones is 1. The van der Waals surface area contributed by atoms with Crippen LogP contribution in [0.25, 0.3) is 0 Å². The zero-order valence-corrected chi connectivity index (χ0v) is 14.1. The average molecular weight is 342 g/mol. The van der Waals surface area contributed by atoms with E-state index >= 15 is 0 Å². The van der Waals surface area contributed by atoms with Gasteiger partial charge in [-0.3, -0.25) is 4.79 Å². The van der Waals surface area contributed by atoms with Crippen molar-refractivity contribution >= 4 is 17.7 Å². The number of rotatable bonds is 6. The number of carbonyl (C=O) groups excluding carboxylic acids is 3. The summed E-state index contributed by atoms with van der Waals surface area (Å²) < 4.78 is 14.8. The first-order chi connectivity index (χ1) is 12.0. The third-order valence-electron chi connectivity index (χ3n) is 3.57. The van der Waals surface area contributed by atoms with Crippen LogP contribution in [0.4, 0.5) is 0 Å². The number of methoxy groups -OCH3 is 2. The van der Waals surface area contributed by atoms with Crippen LogP contribution in [0.2, 0.25) is 0 Å². The molecule has 0 amide bonds. The smallest absolute Gasteiger partial charge is 0.338 e. The molecule has 0 aliphatic carbocycles. The molecule has 0 fully saturated rings. The predicted octanol–water partition coefficient (Wildman–Crippen LogP) is 2.91. The molecule has 2 aromatic rings. The van der Waals surface area contributed by atoms with Crippen LogP contribution in [0, 0.1) is 0 Å². The Morgan fingerprint density at radius 2 is 1.24 bits per heavy atom. The van der Waals surface area contributed by atoms with Gasteiger partial charge in [0.25, 0.3) is 0 Å². The van der Waals surface area contributed by atoms with Gasteiger partial charge in [-0.05, 0) is 55.5 Å². The highest BCUT2D eigenvalue weighted by Gasteiger charge is 2.20. The lowest BCUT2D eigenvalue weighted by Crippen LogP contribution is -2.24. The highest BCUT2D eigenvalue weighted by Crippen LogP contribution is 2.15. The average Bonchev–Trinajstić information content (AvgIpc) is 2.66. The van der Waals surface area contributed by atoms with Crippen molar-refractivity contribution in [3.8, 4) is 5.75 Å². The van der Waals surface area contributed by atoms with E-state index in [4.69, 9.17) is 9.47 Å². The third-order valence-corrected chi connectivity index (χ3v) is 3.57. The Kier molecular flexibility index (Phi) is 5.89. The van der Waals surface area contributed by atoms with Crippen molar-refractivity contribution in [3.63, 3.8) is 0 Å². The first kappa shape index (κ1) is 18.2. The van der Waals surface area contributed by atoms with Crippen LogP contribution in [-0.2, 0) is 9.47 Å². The Hall–Kier alpha value is -3.15. The normalized spacial score (nSPS) is 11.3. The van der Waals surface area contributed by atoms with Gasteiger partial charge in [-0.15, -0.1) is 0 Å². The van der Waals surface area contributed by atoms with Crippen molar-refractivity contribution in [2.45, 2.75) is 13.0 Å². The molecule has 1 atom stereocenters. The zero-order valence-electron chi connectivity index (χ0n) is 14.1. The maximum absolute atomic E-state index is 12.3. The molecule has 0 heterocycles. The molecule has 0 aromatic heterocycles. The van der Waals surface area contributed by atoms with Gasteiger partial charge in [0.2, 0.25) is 5.78 Å². The Labute approximate surface area is 145 Å². The molecule has 0 aliphatic rings. The van der Waals surface area contributed by atoms with E-state index in [0.717, 1.165) is 0 Å². The molecule has 2 rings (SSSR count). The van der Waals surface area contributed by atoms with Crippen molar-refractivity contribution in [1.82, 2.24) is 0 Å². The first-order valence-corrected chi connectivity index (χ1v) is 7.54. The van der Waals surface area contributed by atoms with Gasteiger partial charge in [0, 0.05) is 5.56 Å². The second kappa shape index (κ2) is 8.10. The fourth-order valence-corrected chi connectivity index (χ4v) is 2.13. The summed E-state index contributed by atoms with van der Waals surface area (Å²) in [4.78, 5) is 35.8. The van der Waals surface area contributed by atoms with Crippen LogP contribution in [0.5, 0.6) is 5.75 Å². The number of hydrogen-bond acceptors (Lipinski definition) is 6. The SMILES string of the molecule is COC(=O)c1ccc(C(=O)O[C@H](C)C(=O)c2ccc(OC)cc2)cc1. The molecule has 0 unspecified atom stereocenters. The van der Waals surface area contributed by atoms with Crippen LogP contribution in [0.15, 0.2) is 48.5 Å². The largest absolute Gasteiger partial charge is 0.497 e. The minimum Gasteiger partial charge on any atom is -0.497 e. The van der Waals surface area contributed by atoms with Crippen LogP contribution in [0.1, 0.15) is 38.0 Å². The van der Waals surface area contributed by atoms with E-state index in [1.54, 1.807) is 24.3 Å². The lowest BCUT2D eigenvalue weighted by atomic mass is 10.1. The van der Waals surface area contributed by atoms with Gasteiger partial charge in [0.1, 0.15) is 5.75 Å². The lowest BCUT2D eigenvalue weighted by molar-refractivity contribution is 0.0318. The van der Waals surface area contributed by atoms with E-state index in [1.807, 2.05) is 0 Å². The molecule has 130 valence electrons. The first-order valence-electron chi connectivity index (χ1n) is 7.54. The molecule has 25 heavy (non-hydrogen) atoms. The topological polar surface area (TPSA) is 78.9 Å². The third kappa shape index (κ3) is 4.44. The van der Waals surface area contributed by atoms with Crippen molar-refractivity contribution < 1.29 is 28.6 Å². The van der Waals surface area contributed by atoms with E-state index in [9.17, 15) is 14.4 Å². The van der Waals surface area contributed by atoms with Crippen LogP contribution >= 0.6 is 0 Å². The van der Waals surface area contributed by atoms with Crippen molar-refractivity contribution in [2.24, 2.45) is 0 Å². The highest BCUT2D eigenvalue weighted by molar-refractivity contribution is 6.01. The quantitative estimate of drug-likeness (QED) is 0.593. The minimum atomic E-state index is -0.943. The van der Waals surface area contributed by atoms with Gasteiger partial charge in [0.15, 0.2) is 6.10 Å². The van der Waals surface area contributed by atoms with Gasteiger partial charge >= 0.3 is 11.9 Å². The zero-order chi connectivity index (χ0) is 18.4. The minimum absolute atomic E-state index is 0.238. The molecule has 0 saturated heterocycles. The number of benzene rings is 2. The van der Waals surface area contributed by atoms with Gasteiger partial charge in [-0.1, -0.05) is 0 Å². The summed E-state index contributed by atoms with van der Waals surface area (Å²) in [6.07, 6.45) is -0.943. The molecule has 0 spiro atoms. The Morgan fingerprint density at radius 3 is 1.72 bits per heavy atom. The predicted molar refractivity (Wildman–Crippen MR) is 90.0 cm³/mol. The summed E-state index contributed by atoms with van der Waals surface area (Å²) in [7, 11) is 2.81. The van der Waals surface area contributed by atoms with Crippen LogP contribution in [-0.4, -0.2) is 38.0 Å². The maximum atomic E-state index is 12.3. The number of ether oxygens (including phenoxy) is 3. The summed E-state index contributed by atoms with van der Waals surface area (Å²) in [6.45, 7) is 1.51. The number of Topliss-reactive ketones (excluding diaryl/α,β-unsaturated/α-hetero) is 1. The molecule has 0 radical (unpaired) electrons. The van der Waals surface area contributed by atoms with E-state index in [1.165, 1.54) is 45.4 Å². The molecule has 0 saturated carbocycles. The van der Waals surface area contributed by atoms with Gasteiger partial charge in [0.05, 0.1) is 25.3 Å². The van der Waals surface area contributed by atoms with E-state index in [2.05, 4.69) is 4.74 Å². The number of carbonyl (C=O) groups is 3. The fourth-order valence-electron chi connectivity index (χ4n) is 2.13. The van der Waals surface area contributed by atoms with Crippen molar-refractivity contribution in [1.29, 1.82) is 0 Å². The van der Waals surface area contributed by atoms with Gasteiger partial charge < -0.3 is 14.2 Å². The molecular weight excluding hydrogens is 324 g/mol. The van der Waals surface area contributed by atoms with Gasteiger partial charge in [-0.25, -0.2) is 9.59 Å². The highest BCUT2D eigenvalue weighted by atomic mass is 16.5. The molecule has 0 aliphatic heterocycles. The molecule has 6 heteroatoms. The summed E-state index contributed by atoms with van der Waals surface area (Å²) in [5.74, 6) is -0.831. The summed E-state index contributed by atoms with van der Waals surface area (Å²) in [5, 5.41) is 0. The fraction of sp³-hybridized carbons (Fsp3) is 0.211. The second-order valence-corrected chi connectivity index (χ2v) is 5.21.